The lowest BCUT2D eigenvalue weighted by Gasteiger charge is -2.32. The molecule has 0 radical (unpaired) electrons. The normalized spacial score (nSPS) is 20.6. The molecule has 1 aromatic carbocycles. The summed E-state index contributed by atoms with van der Waals surface area (Å²) in [5.41, 5.74) is 0.607. The number of nitrogens with zero attached hydrogens (tertiary/aromatic N) is 1. The zero-order valence-corrected chi connectivity index (χ0v) is 12.4. The third-order valence-electron chi connectivity index (χ3n) is 4.07. The molecule has 0 amide bonds. The number of oxazole rings is 1. The topological polar surface area (TPSA) is 53.7 Å². The average Bonchev–Trinajstić information content (AvgIpc) is 2.87. The third kappa shape index (κ3) is 1.99. The van der Waals surface area contributed by atoms with E-state index in [1.807, 2.05) is 45.9 Å². The van der Waals surface area contributed by atoms with Crippen molar-refractivity contribution in [2.24, 2.45) is 0 Å². The third-order valence-corrected chi connectivity index (χ3v) is 4.07. The lowest BCUT2D eigenvalue weighted by molar-refractivity contribution is 0.00578. The summed E-state index contributed by atoms with van der Waals surface area (Å²) in [5.74, 6) is 1.18. The lowest BCUT2D eigenvalue weighted by Crippen LogP contribution is -2.41. The largest absolute Gasteiger partial charge is 0.554 e. The van der Waals surface area contributed by atoms with Gasteiger partial charge in [0.1, 0.15) is 11.3 Å². The molecule has 0 bridgehead atoms. The highest BCUT2D eigenvalue weighted by Gasteiger charge is 2.53. The number of benzene rings is 1. The number of fused-ring (bicyclic) bond motifs is 1. The van der Waals surface area contributed by atoms with Crippen molar-refractivity contribution in [2.75, 3.05) is 7.11 Å². The Kier molecular flexibility index (Phi) is 2.85. The van der Waals surface area contributed by atoms with Crippen molar-refractivity contribution in [3.63, 3.8) is 0 Å². The Hall–Kier alpha value is -1.53. The predicted molar refractivity (Wildman–Crippen MR) is 76.3 cm³/mol. The summed E-state index contributed by atoms with van der Waals surface area (Å²) in [6.07, 6.45) is 0. The van der Waals surface area contributed by atoms with Crippen LogP contribution in [0.25, 0.3) is 11.1 Å². The van der Waals surface area contributed by atoms with Crippen molar-refractivity contribution >= 4 is 24.0 Å². The maximum atomic E-state index is 5.93. The number of hydrogen-bond donors (Lipinski definition) is 0. The van der Waals surface area contributed by atoms with Gasteiger partial charge in [-0.1, -0.05) is 0 Å². The Bertz CT molecular complexity index is 634. The molecule has 0 saturated carbocycles. The molecule has 1 aromatic heterocycles. The molecule has 0 N–H and O–H groups in total. The smallest absolute Gasteiger partial charge is 0.497 e. The summed E-state index contributed by atoms with van der Waals surface area (Å²) < 4.78 is 22.8. The van der Waals surface area contributed by atoms with E-state index in [4.69, 9.17) is 18.5 Å². The van der Waals surface area contributed by atoms with Crippen LogP contribution in [0.4, 0.5) is 0 Å². The van der Waals surface area contributed by atoms with Gasteiger partial charge in [-0.05, 0) is 39.8 Å². The van der Waals surface area contributed by atoms with Crippen LogP contribution < -0.4 is 10.5 Å². The summed E-state index contributed by atoms with van der Waals surface area (Å²) in [6.45, 7) is 7.99. The maximum Gasteiger partial charge on any atom is 0.554 e. The van der Waals surface area contributed by atoms with Gasteiger partial charge in [-0.3, -0.25) is 0 Å². The Labute approximate surface area is 118 Å². The number of rotatable bonds is 2. The van der Waals surface area contributed by atoms with Gasteiger partial charge >= 0.3 is 7.12 Å². The van der Waals surface area contributed by atoms with Crippen LogP contribution in [0.2, 0.25) is 0 Å². The molecular formula is C14H18BNO4. The van der Waals surface area contributed by atoms with E-state index in [2.05, 4.69) is 4.98 Å². The fourth-order valence-electron chi connectivity index (χ4n) is 2.10. The zero-order chi connectivity index (χ0) is 14.5. The Balaban J connectivity index is 1.96. The molecule has 1 saturated heterocycles. The second-order valence-electron chi connectivity index (χ2n) is 5.97. The monoisotopic (exact) mass is 275 g/mol. The predicted octanol–water partition coefficient (Wildman–Crippen LogP) is 2.14. The van der Waals surface area contributed by atoms with Crippen LogP contribution in [0.5, 0.6) is 5.75 Å². The van der Waals surface area contributed by atoms with E-state index in [1.165, 1.54) is 0 Å². The molecule has 0 aliphatic carbocycles. The van der Waals surface area contributed by atoms with E-state index in [9.17, 15) is 0 Å². The van der Waals surface area contributed by atoms with E-state index in [1.54, 1.807) is 7.11 Å². The molecule has 0 unspecified atom stereocenters. The molecule has 20 heavy (non-hydrogen) atoms. The first-order valence-corrected chi connectivity index (χ1v) is 6.62. The summed E-state index contributed by atoms with van der Waals surface area (Å²) in [6, 6.07) is 5.49. The fourth-order valence-corrected chi connectivity index (χ4v) is 2.10. The highest BCUT2D eigenvalue weighted by Crippen LogP contribution is 2.36. The Morgan fingerprint density at radius 3 is 2.35 bits per heavy atom. The molecular weight excluding hydrogens is 257 g/mol. The summed E-state index contributed by atoms with van der Waals surface area (Å²) in [7, 11) is 1.04. The molecule has 2 aromatic rings. The minimum absolute atomic E-state index is 0.407. The lowest BCUT2D eigenvalue weighted by atomic mass is 9.90. The van der Waals surface area contributed by atoms with Gasteiger partial charge in [0.05, 0.1) is 18.3 Å². The molecule has 1 fully saturated rings. The van der Waals surface area contributed by atoms with Crippen molar-refractivity contribution < 1.29 is 18.5 Å². The van der Waals surface area contributed by atoms with Crippen molar-refractivity contribution in [1.29, 1.82) is 0 Å². The summed E-state index contributed by atoms with van der Waals surface area (Å²) in [5, 5.41) is 0. The van der Waals surface area contributed by atoms with E-state index in [0.717, 1.165) is 11.3 Å². The molecule has 1 aliphatic rings. The van der Waals surface area contributed by atoms with E-state index in [-0.39, 0.29) is 0 Å². The second-order valence-corrected chi connectivity index (χ2v) is 5.97. The van der Waals surface area contributed by atoms with Crippen LogP contribution in [0.3, 0.4) is 0 Å². The van der Waals surface area contributed by atoms with Crippen molar-refractivity contribution in [1.82, 2.24) is 4.98 Å². The molecule has 1 aliphatic heterocycles. The SMILES string of the molecule is COc1ccc2oc(B3OC(C)(C)C(C)(C)O3)nc2c1. The molecule has 0 spiro atoms. The number of methoxy groups -OCH3 is 1. The van der Waals surface area contributed by atoms with Gasteiger partial charge in [0.2, 0.25) is 5.79 Å². The standard InChI is InChI=1S/C14H18BNO4/c1-13(2)14(3,4)20-15(19-13)12-16-10-8-9(17-5)6-7-11(10)18-12/h6-8H,1-5H3. The van der Waals surface area contributed by atoms with Gasteiger partial charge in [-0.2, -0.15) is 0 Å². The van der Waals surface area contributed by atoms with Gasteiger partial charge in [-0.25, -0.2) is 4.98 Å². The van der Waals surface area contributed by atoms with E-state index >= 15 is 0 Å². The molecule has 3 rings (SSSR count). The van der Waals surface area contributed by atoms with E-state index < -0.39 is 18.3 Å². The van der Waals surface area contributed by atoms with Gasteiger partial charge < -0.3 is 18.5 Å². The highest BCUT2D eigenvalue weighted by atomic mass is 16.7. The number of aromatic nitrogens is 1. The van der Waals surface area contributed by atoms with Crippen LogP contribution in [-0.2, 0) is 9.31 Å². The quantitative estimate of drug-likeness (QED) is 0.786. The number of ether oxygens (including phenoxy) is 1. The highest BCUT2D eigenvalue weighted by molar-refractivity contribution is 6.59. The minimum atomic E-state index is -0.585. The van der Waals surface area contributed by atoms with Gasteiger partial charge in [0, 0.05) is 6.07 Å². The van der Waals surface area contributed by atoms with Crippen molar-refractivity contribution in [3.8, 4) is 5.75 Å². The van der Waals surface area contributed by atoms with Crippen molar-refractivity contribution in [2.45, 2.75) is 38.9 Å². The summed E-state index contributed by atoms with van der Waals surface area (Å²) >= 11 is 0. The van der Waals surface area contributed by atoms with Gasteiger partial charge in [0.25, 0.3) is 0 Å². The Morgan fingerprint density at radius 1 is 1.10 bits per heavy atom. The molecule has 5 nitrogen and oxygen atoms in total. The minimum Gasteiger partial charge on any atom is -0.497 e. The fraction of sp³-hybridized carbons (Fsp3) is 0.500. The first-order valence-electron chi connectivity index (χ1n) is 6.62. The van der Waals surface area contributed by atoms with Gasteiger partial charge in [-0.15, -0.1) is 0 Å². The van der Waals surface area contributed by atoms with Crippen LogP contribution in [0.1, 0.15) is 27.7 Å². The molecule has 106 valence electrons. The van der Waals surface area contributed by atoms with E-state index in [0.29, 0.717) is 11.4 Å². The van der Waals surface area contributed by atoms with Crippen LogP contribution in [0.15, 0.2) is 22.6 Å². The maximum absolute atomic E-state index is 5.93. The summed E-state index contributed by atoms with van der Waals surface area (Å²) in [4.78, 5) is 4.44. The first kappa shape index (κ1) is 13.5. The van der Waals surface area contributed by atoms with Gasteiger partial charge in [0.15, 0.2) is 5.58 Å². The number of hydrogen-bond acceptors (Lipinski definition) is 5. The zero-order valence-electron chi connectivity index (χ0n) is 12.4. The first-order chi connectivity index (χ1) is 9.32. The molecule has 0 atom stereocenters. The molecule has 6 heteroatoms. The average molecular weight is 275 g/mol. The second kappa shape index (κ2) is 4.23. The van der Waals surface area contributed by atoms with Crippen molar-refractivity contribution in [3.05, 3.63) is 18.2 Å². The van der Waals surface area contributed by atoms with Crippen LogP contribution in [-0.4, -0.2) is 30.4 Å². The molecule has 2 heterocycles. The Morgan fingerprint density at radius 2 is 1.75 bits per heavy atom. The van der Waals surface area contributed by atoms with Crippen LogP contribution in [0, 0.1) is 0 Å². The van der Waals surface area contributed by atoms with Crippen LogP contribution >= 0.6 is 0 Å².